The highest BCUT2D eigenvalue weighted by molar-refractivity contribution is 7.13. The van der Waals surface area contributed by atoms with Crippen molar-refractivity contribution in [3.63, 3.8) is 0 Å². The molecule has 2 heterocycles. The van der Waals surface area contributed by atoms with Gasteiger partial charge in [-0.1, -0.05) is 24.4 Å². The SMILES string of the molecule is COC(=O)C(C)(C)Cc1cc(-c2nc(CC3CCC3)cs2)no1. The smallest absolute Gasteiger partial charge is 0.311 e. The van der Waals surface area contributed by atoms with Gasteiger partial charge < -0.3 is 9.26 Å². The van der Waals surface area contributed by atoms with Crippen LogP contribution in [0, 0.1) is 11.3 Å². The van der Waals surface area contributed by atoms with E-state index in [4.69, 9.17) is 9.26 Å². The molecule has 0 radical (unpaired) electrons. The summed E-state index contributed by atoms with van der Waals surface area (Å²) in [6.45, 7) is 3.67. The molecular formula is C17H22N2O3S. The van der Waals surface area contributed by atoms with Crippen LogP contribution in [0.3, 0.4) is 0 Å². The number of hydrogen-bond acceptors (Lipinski definition) is 6. The van der Waals surface area contributed by atoms with Gasteiger partial charge in [0.15, 0.2) is 0 Å². The Kier molecular flexibility index (Phi) is 4.53. The van der Waals surface area contributed by atoms with E-state index in [9.17, 15) is 4.79 Å². The first-order chi connectivity index (χ1) is 11.0. The van der Waals surface area contributed by atoms with Gasteiger partial charge in [0, 0.05) is 17.9 Å². The molecule has 0 aromatic carbocycles. The first-order valence-corrected chi connectivity index (χ1v) is 8.84. The predicted octanol–water partition coefficient (Wildman–Crippen LogP) is 3.88. The van der Waals surface area contributed by atoms with Gasteiger partial charge in [-0.2, -0.15) is 0 Å². The first kappa shape index (κ1) is 16.2. The molecule has 1 aliphatic rings. The van der Waals surface area contributed by atoms with Crippen LogP contribution in [0.1, 0.15) is 44.6 Å². The Morgan fingerprint density at radius 3 is 2.91 bits per heavy atom. The Bertz CT molecular complexity index is 686. The standard InChI is InChI=1S/C17H22N2O3S/c1-17(2,16(20)21-3)9-13-8-14(19-22-13)15-18-12(10-23-15)7-11-5-4-6-11/h8,10-11H,4-7,9H2,1-3H3. The number of methoxy groups -OCH3 is 1. The van der Waals surface area contributed by atoms with Crippen LogP contribution in [-0.4, -0.2) is 23.2 Å². The lowest BCUT2D eigenvalue weighted by Crippen LogP contribution is -2.27. The number of ether oxygens (including phenoxy) is 1. The summed E-state index contributed by atoms with van der Waals surface area (Å²) >= 11 is 1.60. The number of rotatable bonds is 6. The van der Waals surface area contributed by atoms with Crippen molar-refractivity contribution in [3.8, 4) is 10.7 Å². The van der Waals surface area contributed by atoms with E-state index in [1.807, 2.05) is 19.9 Å². The highest BCUT2D eigenvalue weighted by Gasteiger charge is 2.31. The van der Waals surface area contributed by atoms with Gasteiger partial charge in [-0.25, -0.2) is 4.98 Å². The molecule has 3 rings (SSSR count). The summed E-state index contributed by atoms with van der Waals surface area (Å²) in [7, 11) is 1.40. The lowest BCUT2D eigenvalue weighted by atomic mass is 9.82. The summed E-state index contributed by atoms with van der Waals surface area (Å²) in [5.74, 6) is 1.22. The van der Waals surface area contributed by atoms with Crippen LogP contribution in [0.5, 0.6) is 0 Å². The zero-order chi connectivity index (χ0) is 16.4. The third-order valence-corrected chi connectivity index (χ3v) is 5.32. The minimum atomic E-state index is -0.635. The van der Waals surface area contributed by atoms with Gasteiger partial charge in [-0.05, 0) is 26.2 Å². The molecule has 1 aliphatic carbocycles. The predicted molar refractivity (Wildman–Crippen MR) is 88.2 cm³/mol. The van der Waals surface area contributed by atoms with E-state index in [0.717, 1.165) is 28.7 Å². The van der Waals surface area contributed by atoms with Crippen LogP contribution in [0.2, 0.25) is 0 Å². The van der Waals surface area contributed by atoms with Crippen LogP contribution in [0.4, 0.5) is 0 Å². The van der Waals surface area contributed by atoms with Crippen LogP contribution in [0.25, 0.3) is 10.7 Å². The lowest BCUT2D eigenvalue weighted by molar-refractivity contribution is -0.150. The van der Waals surface area contributed by atoms with E-state index < -0.39 is 5.41 Å². The number of thiazole rings is 1. The quantitative estimate of drug-likeness (QED) is 0.750. The van der Waals surface area contributed by atoms with Gasteiger partial charge in [0.1, 0.15) is 16.5 Å². The monoisotopic (exact) mass is 334 g/mol. The lowest BCUT2D eigenvalue weighted by Gasteiger charge is -2.24. The highest BCUT2D eigenvalue weighted by Crippen LogP contribution is 2.32. The molecule has 124 valence electrons. The van der Waals surface area contributed by atoms with E-state index in [1.54, 1.807) is 11.3 Å². The Morgan fingerprint density at radius 2 is 2.26 bits per heavy atom. The molecule has 1 fully saturated rings. The average molecular weight is 334 g/mol. The third-order valence-electron chi connectivity index (χ3n) is 4.41. The topological polar surface area (TPSA) is 65.2 Å². The number of esters is 1. The van der Waals surface area contributed by atoms with Crippen molar-refractivity contribution in [3.05, 3.63) is 22.9 Å². The van der Waals surface area contributed by atoms with Crippen molar-refractivity contribution >= 4 is 17.3 Å². The Labute approximate surface area is 140 Å². The number of carbonyl (C=O) groups is 1. The zero-order valence-corrected chi connectivity index (χ0v) is 14.6. The van der Waals surface area contributed by atoms with Crippen molar-refractivity contribution in [2.75, 3.05) is 7.11 Å². The second-order valence-corrected chi connectivity index (χ2v) is 7.73. The summed E-state index contributed by atoms with van der Waals surface area (Å²) in [6.07, 6.45) is 5.51. The fourth-order valence-electron chi connectivity index (χ4n) is 2.79. The van der Waals surface area contributed by atoms with Gasteiger partial charge in [-0.3, -0.25) is 4.79 Å². The average Bonchev–Trinajstić information content (AvgIpc) is 3.10. The maximum Gasteiger partial charge on any atom is 0.311 e. The molecule has 0 atom stereocenters. The molecule has 0 saturated heterocycles. The molecule has 0 N–H and O–H groups in total. The molecule has 5 nitrogen and oxygen atoms in total. The maximum absolute atomic E-state index is 11.8. The second kappa shape index (κ2) is 6.43. The maximum atomic E-state index is 11.8. The Hall–Kier alpha value is -1.69. The van der Waals surface area contributed by atoms with Crippen molar-refractivity contribution in [2.45, 2.75) is 46.0 Å². The number of aromatic nitrogens is 2. The third kappa shape index (κ3) is 3.63. The summed E-state index contributed by atoms with van der Waals surface area (Å²) < 4.78 is 10.2. The summed E-state index contributed by atoms with van der Waals surface area (Å²) in [4.78, 5) is 16.4. The molecule has 6 heteroatoms. The van der Waals surface area contributed by atoms with E-state index in [0.29, 0.717) is 12.2 Å². The van der Waals surface area contributed by atoms with Gasteiger partial charge in [0.05, 0.1) is 18.2 Å². The van der Waals surface area contributed by atoms with Gasteiger partial charge in [0.25, 0.3) is 0 Å². The van der Waals surface area contributed by atoms with E-state index >= 15 is 0 Å². The van der Waals surface area contributed by atoms with Crippen molar-refractivity contribution < 1.29 is 14.1 Å². The van der Waals surface area contributed by atoms with Gasteiger partial charge >= 0.3 is 5.97 Å². The Morgan fingerprint density at radius 1 is 1.48 bits per heavy atom. The van der Waals surface area contributed by atoms with Crippen molar-refractivity contribution in [1.29, 1.82) is 0 Å². The Balaban J connectivity index is 1.68. The normalized spacial score (nSPS) is 15.4. The highest BCUT2D eigenvalue weighted by atomic mass is 32.1. The number of carbonyl (C=O) groups excluding carboxylic acids is 1. The molecule has 0 aliphatic heterocycles. The summed E-state index contributed by atoms with van der Waals surface area (Å²) in [6, 6.07) is 1.87. The molecule has 0 bridgehead atoms. The molecule has 2 aromatic heterocycles. The molecule has 0 amide bonds. The van der Waals surface area contributed by atoms with Crippen molar-refractivity contribution in [2.24, 2.45) is 11.3 Å². The summed E-state index contributed by atoms with van der Waals surface area (Å²) in [5.41, 5.74) is 1.25. The minimum Gasteiger partial charge on any atom is -0.469 e. The number of nitrogens with zero attached hydrogens (tertiary/aromatic N) is 2. The summed E-state index contributed by atoms with van der Waals surface area (Å²) in [5, 5.41) is 7.09. The van der Waals surface area contributed by atoms with E-state index in [1.165, 1.54) is 26.4 Å². The zero-order valence-electron chi connectivity index (χ0n) is 13.8. The molecule has 1 saturated carbocycles. The number of hydrogen-bond donors (Lipinski definition) is 0. The van der Waals surface area contributed by atoms with Crippen molar-refractivity contribution in [1.82, 2.24) is 10.1 Å². The molecule has 2 aromatic rings. The first-order valence-electron chi connectivity index (χ1n) is 7.97. The van der Waals surface area contributed by atoms with Crippen LogP contribution >= 0.6 is 11.3 Å². The van der Waals surface area contributed by atoms with Gasteiger partial charge in [-0.15, -0.1) is 11.3 Å². The van der Waals surface area contributed by atoms with Crippen LogP contribution in [-0.2, 0) is 22.4 Å². The van der Waals surface area contributed by atoms with Gasteiger partial charge in [0.2, 0.25) is 0 Å². The largest absolute Gasteiger partial charge is 0.469 e. The van der Waals surface area contributed by atoms with E-state index in [-0.39, 0.29) is 5.97 Å². The van der Waals surface area contributed by atoms with E-state index in [2.05, 4.69) is 15.5 Å². The molecule has 23 heavy (non-hydrogen) atoms. The fourth-order valence-corrected chi connectivity index (χ4v) is 3.58. The molecular weight excluding hydrogens is 312 g/mol. The minimum absolute atomic E-state index is 0.257. The fraction of sp³-hybridized carbons (Fsp3) is 0.588. The molecule has 0 unspecified atom stereocenters. The molecule has 0 spiro atoms. The van der Waals surface area contributed by atoms with Crippen LogP contribution < -0.4 is 0 Å². The second-order valence-electron chi connectivity index (χ2n) is 6.88. The van der Waals surface area contributed by atoms with Crippen LogP contribution in [0.15, 0.2) is 16.0 Å².